The minimum absolute atomic E-state index is 0.106. The fourth-order valence-electron chi connectivity index (χ4n) is 1.62. The Labute approximate surface area is 112 Å². The lowest BCUT2D eigenvalue weighted by atomic mass is 10.2. The first-order chi connectivity index (χ1) is 8.47. The Hall–Kier alpha value is -1.07. The standard InChI is InChI=1S/C13H22N2O2S/c1-9(8-12-5-4-11(3)18-12)15-13(17)14-7-6-10(2)16/h4-5,9-10,16H,6-8H2,1-3H3,(H2,14,15,17). The van der Waals surface area contributed by atoms with E-state index < -0.39 is 0 Å². The van der Waals surface area contributed by atoms with Crippen molar-refractivity contribution in [2.45, 2.75) is 45.8 Å². The van der Waals surface area contributed by atoms with Gasteiger partial charge in [-0.05, 0) is 39.3 Å². The first-order valence-electron chi connectivity index (χ1n) is 6.25. The van der Waals surface area contributed by atoms with E-state index in [-0.39, 0.29) is 18.2 Å². The number of rotatable bonds is 6. The summed E-state index contributed by atoms with van der Waals surface area (Å²) < 4.78 is 0. The summed E-state index contributed by atoms with van der Waals surface area (Å²) in [4.78, 5) is 14.1. The number of hydrogen-bond donors (Lipinski definition) is 3. The van der Waals surface area contributed by atoms with E-state index in [0.717, 1.165) is 6.42 Å². The molecule has 1 rings (SSSR count). The lowest BCUT2D eigenvalue weighted by Crippen LogP contribution is -2.42. The molecule has 1 aromatic rings. The number of amides is 2. The Bertz CT molecular complexity index is 377. The molecule has 0 fully saturated rings. The van der Waals surface area contributed by atoms with Crippen molar-refractivity contribution >= 4 is 17.4 Å². The Morgan fingerprint density at radius 2 is 2.17 bits per heavy atom. The van der Waals surface area contributed by atoms with Crippen LogP contribution in [0.25, 0.3) is 0 Å². The summed E-state index contributed by atoms with van der Waals surface area (Å²) in [5.41, 5.74) is 0. The van der Waals surface area contributed by atoms with Gasteiger partial charge in [0.05, 0.1) is 6.10 Å². The van der Waals surface area contributed by atoms with Gasteiger partial charge in [-0.2, -0.15) is 0 Å². The average Bonchev–Trinajstić information content (AvgIpc) is 2.62. The minimum Gasteiger partial charge on any atom is -0.393 e. The van der Waals surface area contributed by atoms with Crippen molar-refractivity contribution in [1.82, 2.24) is 10.6 Å². The lowest BCUT2D eigenvalue weighted by Gasteiger charge is -2.14. The SMILES string of the molecule is Cc1ccc(CC(C)NC(=O)NCCC(C)O)s1. The van der Waals surface area contributed by atoms with Crippen molar-refractivity contribution < 1.29 is 9.90 Å². The highest BCUT2D eigenvalue weighted by Crippen LogP contribution is 2.16. The number of aryl methyl sites for hydroxylation is 1. The van der Waals surface area contributed by atoms with Gasteiger partial charge in [-0.1, -0.05) is 0 Å². The Balaban J connectivity index is 2.23. The van der Waals surface area contributed by atoms with Crippen LogP contribution in [0, 0.1) is 6.92 Å². The van der Waals surface area contributed by atoms with Gasteiger partial charge in [0.25, 0.3) is 0 Å². The maximum absolute atomic E-state index is 11.5. The molecule has 0 radical (unpaired) electrons. The van der Waals surface area contributed by atoms with Crippen molar-refractivity contribution in [3.05, 3.63) is 21.9 Å². The molecule has 0 aliphatic carbocycles. The number of nitrogens with one attached hydrogen (secondary N) is 2. The van der Waals surface area contributed by atoms with Gasteiger partial charge in [-0.3, -0.25) is 0 Å². The van der Waals surface area contributed by atoms with E-state index in [1.165, 1.54) is 9.75 Å². The molecule has 4 nitrogen and oxygen atoms in total. The predicted octanol–water partition coefficient (Wildman–Crippen LogP) is 2.06. The summed E-state index contributed by atoms with van der Waals surface area (Å²) in [5.74, 6) is 0. The molecule has 3 N–H and O–H groups in total. The smallest absolute Gasteiger partial charge is 0.315 e. The van der Waals surface area contributed by atoms with Crippen molar-refractivity contribution in [2.24, 2.45) is 0 Å². The fraction of sp³-hybridized carbons (Fsp3) is 0.615. The highest BCUT2D eigenvalue weighted by atomic mass is 32.1. The van der Waals surface area contributed by atoms with Crippen LogP contribution in [0.4, 0.5) is 4.79 Å². The minimum atomic E-state index is -0.378. The lowest BCUT2D eigenvalue weighted by molar-refractivity contribution is 0.183. The first-order valence-corrected chi connectivity index (χ1v) is 7.06. The van der Waals surface area contributed by atoms with Crippen LogP contribution in [0.3, 0.4) is 0 Å². The van der Waals surface area contributed by atoms with Gasteiger partial charge in [-0.15, -0.1) is 11.3 Å². The summed E-state index contributed by atoms with van der Waals surface area (Å²) in [7, 11) is 0. The molecular formula is C13H22N2O2S. The van der Waals surface area contributed by atoms with Crippen LogP contribution in [0.5, 0.6) is 0 Å². The number of carbonyl (C=O) groups is 1. The van der Waals surface area contributed by atoms with Crippen LogP contribution in [-0.4, -0.2) is 29.8 Å². The predicted molar refractivity (Wildman–Crippen MR) is 75.1 cm³/mol. The number of urea groups is 1. The number of carbonyl (C=O) groups excluding carboxylic acids is 1. The molecule has 2 amide bonds. The molecule has 18 heavy (non-hydrogen) atoms. The maximum Gasteiger partial charge on any atom is 0.315 e. The summed E-state index contributed by atoms with van der Waals surface area (Å²) in [6.45, 7) is 6.27. The quantitative estimate of drug-likeness (QED) is 0.741. The van der Waals surface area contributed by atoms with E-state index >= 15 is 0 Å². The second-order valence-corrected chi connectivity index (χ2v) is 6.03. The van der Waals surface area contributed by atoms with E-state index in [2.05, 4.69) is 29.7 Å². The molecule has 2 unspecified atom stereocenters. The van der Waals surface area contributed by atoms with Gasteiger partial charge >= 0.3 is 6.03 Å². The van der Waals surface area contributed by atoms with Crippen LogP contribution < -0.4 is 10.6 Å². The third-order valence-corrected chi connectivity index (χ3v) is 3.55. The Morgan fingerprint density at radius 3 is 2.72 bits per heavy atom. The van der Waals surface area contributed by atoms with Crippen molar-refractivity contribution in [3.63, 3.8) is 0 Å². The molecule has 0 aliphatic heterocycles. The van der Waals surface area contributed by atoms with Crippen molar-refractivity contribution in [1.29, 1.82) is 0 Å². The molecule has 1 heterocycles. The Kier molecular flexibility index (Phi) is 6.15. The normalized spacial score (nSPS) is 14.0. The third-order valence-electron chi connectivity index (χ3n) is 2.53. The van der Waals surface area contributed by atoms with Gasteiger partial charge in [-0.25, -0.2) is 4.79 Å². The molecule has 0 aliphatic rings. The van der Waals surface area contributed by atoms with Crippen LogP contribution in [-0.2, 0) is 6.42 Å². The zero-order valence-corrected chi connectivity index (χ0v) is 12.0. The molecule has 0 saturated carbocycles. The highest BCUT2D eigenvalue weighted by molar-refractivity contribution is 7.11. The molecule has 5 heteroatoms. The van der Waals surface area contributed by atoms with E-state index in [1.807, 2.05) is 6.92 Å². The second-order valence-electron chi connectivity index (χ2n) is 4.66. The van der Waals surface area contributed by atoms with Gasteiger partial charge in [0.15, 0.2) is 0 Å². The largest absolute Gasteiger partial charge is 0.393 e. The summed E-state index contributed by atoms with van der Waals surface area (Å²) in [6, 6.07) is 4.13. The van der Waals surface area contributed by atoms with Gasteiger partial charge in [0.1, 0.15) is 0 Å². The number of hydrogen-bond acceptors (Lipinski definition) is 3. The number of aliphatic hydroxyl groups is 1. The summed E-state index contributed by atoms with van der Waals surface area (Å²) >= 11 is 1.76. The maximum atomic E-state index is 11.5. The van der Waals surface area contributed by atoms with Gasteiger partial charge < -0.3 is 15.7 Å². The van der Waals surface area contributed by atoms with E-state index in [9.17, 15) is 4.79 Å². The average molecular weight is 270 g/mol. The molecule has 0 aromatic carbocycles. The Morgan fingerprint density at radius 1 is 1.44 bits per heavy atom. The monoisotopic (exact) mass is 270 g/mol. The fourth-order valence-corrected chi connectivity index (χ4v) is 2.64. The molecule has 0 bridgehead atoms. The molecular weight excluding hydrogens is 248 g/mol. The number of thiophene rings is 1. The van der Waals surface area contributed by atoms with Crippen LogP contribution in [0.15, 0.2) is 12.1 Å². The van der Waals surface area contributed by atoms with Crippen LogP contribution in [0.1, 0.15) is 30.0 Å². The van der Waals surface area contributed by atoms with E-state index in [1.54, 1.807) is 18.3 Å². The molecule has 102 valence electrons. The van der Waals surface area contributed by atoms with Gasteiger partial charge in [0.2, 0.25) is 0 Å². The first kappa shape index (κ1) is 15.0. The third kappa shape index (κ3) is 6.02. The molecule has 0 saturated heterocycles. The topological polar surface area (TPSA) is 61.4 Å². The molecule has 2 atom stereocenters. The van der Waals surface area contributed by atoms with Crippen molar-refractivity contribution in [3.8, 4) is 0 Å². The van der Waals surface area contributed by atoms with Crippen LogP contribution in [0.2, 0.25) is 0 Å². The summed E-state index contributed by atoms with van der Waals surface area (Å²) in [6.07, 6.45) is 1.05. The van der Waals surface area contributed by atoms with Gasteiger partial charge in [0, 0.05) is 28.8 Å². The molecule has 1 aromatic heterocycles. The van der Waals surface area contributed by atoms with Crippen LogP contribution >= 0.6 is 11.3 Å². The molecule has 0 spiro atoms. The summed E-state index contributed by atoms with van der Waals surface area (Å²) in [5, 5.41) is 14.7. The second kappa shape index (κ2) is 7.38. The van der Waals surface area contributed by atoms with E-state index in [4.69, 9.17) is 5.11 Å². The zero-order valence-electron chi connectivity index (χ0n) is 11.2. The number of aliphatic hydroxyl groups excluding tert-OH is 1. The zero-order chi connectivity index (χ0) is 13.5. The van der Waals surface area contributed by atoms with E-state index in [0.29, 0.717) is 13.0 Å². The highest BCUT2D eigenvalue weighted by Gasteiger charge is 2.08. The van der Waals surface area contributed by atoms with Crippen molar-refractivity contribution in [2.75, 3.05) is 6.54 Å².